The lowest BCUT2D eigenvalue weighted by atomic mass is 9.67. The van der Waals surface area contributed by atoms with Gasteiger partial charge < -0.3 is 0 Å². The summed E-state index contributed by atoms with van der Waals surface area (Å²) in [5.74, 6) is 8.75. The Labute approximate surface area is 191 Å². The molecule has 2 aliphatic rings. The highest BCUT2D eigenvalue weighted by molar-refractivity contribution is 4.87. The van der Waals surface area contributed by atoms with Crippen LogP contribution in [0.2, 0.25) is 0 Å². The van der Waals surface area contributed by atoms with Crippen LogP contribution in [0, 0.1) is 53.3 Å². The molecule has 0 nitrogen and oxygen atoms in total. The maximum atomic E-state index is 2.66. The van der Waals surface area contributed by atoms with Gasteiger partial charge in [-0.15, -0.1) is 0 Å². The van der Waals surface area contributed by atoms with Gasteiger partial charge in [-0.25, -0.2) is 0 Å². The van der Waals surface area contributed by atoms with E-state index in [0.29, 0.717) is 0 Å². The van der Waals surface area contributed by atoms with Crippen molar-refractivity contribution in [2.24, 2.45) is 53.3 Å². The molecule has 0 aromatic carbocycles. The predicted molar refractivity (Wildman–Crippen MR) is 136 cm³/mol. The van der Waals surface area contributed by atoms with E-state index < -0.39 is 0 Å². The molecule has 7 atom stereocenters. The lowest BCUT2D eigenvalue weighted by Gasteiger charge is -2.38. The van der Waals surface area contributed by atoms with Crippen molar-refractivity contribution >= 4 is 0 Å². The summed E-state index contributed by atoms with van der Waals surface area (Å²) in [5, 5.41) is 0. The van der Waals surface area contributed by atoms with Crippen molar-refractivity contribution in [2.75, 3.05) is 0 Å². The molecule has 178 valence electrons. The first-order chi connectivity index (χ1) is 14.4. The van der Waals surface area contributed by atoms with Gasteiger partial charge in [-0.05, 0) is 78.9 Å². The van der Waals surface area contributed by atoms with Crippen molar-refractivity contribution in [3.63, 3.8) is 0 Å². The Kier molecular flexibility index (Phi) is 11.8. The van der Waals surface area contributed by atoms with E-state index in [0.717, 1.165) is 53.3 Å². The predicted octanol–water partition coefficient (Wildman–Crippen LogP) is 10.2. The van der Waals surface area contributed by atoms with Gasteiger partial charge in [-0.1, -0.05) is 113 Å². The van der Waals surface area contributed by atoms with Gasteiger partial charge in [0, 0.05) is 0 Å². The summed E-state index contributed by atoms with van der Waals surface area (Å²) in [5.41, 5.74) is 0. The molecule has 0 spiro atoms. The van der Waals surface area contributed by atoms with Crippen LogP contribution in [0.3, 0.4) is 0 Å². The number of rotatable bonds is 13. The normalized spacial score (nSPS) is 32.5. The fourth-order valence-electron chi connectivity index (χ4n) is 7.47. The molecule has 0 saturated heterocycles. The molecular formula is C30H58. The third kappa shape index (κ3) is 7.85. The van der Waals surface area contributed by atoms with Gasteiger partial charge in [0.1, 0.15) is 0 Å². The van der Waals surface area contributed by atoms with Crippen molar-refractivity contribution in [2.45, 2.75) is 138 Å². The van der Waals surface area contributed by atoms with Crippen LogP contribution in [0.4, 0.5) is 0 Å². The Balaban J connectivity index is 2.04. The molecule has 0 radical (unpaired) electrons. The second-order valence-electron chi connectivity index (χ2n) is 12.3. The van der Waals surface area contributed by atoms with Gasteiger partial charge in [-0.3, -0.25) is 0 Å². The molecule has 0 aromatic rings. The van der Waals surface area contributed by atoms with Crippen LogP contribution in [-0.2, 0) is 0 Å². The molecule has 0 bridgehead atoms. The first kappa shape index (κ1) is 26.3. The van der Waals surface area contributed by atoms with Crippen LogP contribution in [0.1, 0.15) is 138 Å². The molecule has 2 fully saturated rings. The largest absolute Gasteiger partial charge is 0.0654 e. The third-order valence-electron chi connectivity index (χ3n) is 9.96. The third-order valence-corrected chi connectivity index (χ3v) is 9.96. The Hall–Kier alpha value is 0. The monoisotopic (exact) mass is 418 g/mol. The first-order valence-electron chi connectivity index (χ1n) is 14.4. The van der Waals surface area contributed by atoms with Crippen LogP contribution in [0.5, 0.6) is 0 Å². The quantitative estimate of drug-likeness (QED) is 0.279. The van der Waals surface area contributed by atoms with E-state index in [1.165, 1.54) is 89.9 Å². The second-order valence-corrected chi connectivity index (χ2v) is 12.3. The van der Waals surface area contributed by atoms with E-state index in [2.05, 4.69) is 48.5 Å². The van der Waals surface area contributed by atoms with Gasteiger partial charge in [0.25, 0.3) is 0 Å². The Morgan fingerprint density at radius 1 is 0.733 bits per heavy atom. The smallest absolute Gasteiger partial charge is 0.0355 e. The lowest BCUT2D eigenvalue weighted by Crippen LogP contribution is -2.29. The minimum absolute atomic E-state index is 0.900. The highest BCUT2D eigenvalue weighted by Gasteiger charge is 2.36. The molecule has 0 amide bonds. The zero-order valence-electron chi connectivity index (χ0n) is 22.1. The molecule has 0 aromatic heterocycles. The van der Waals surface area contributed by atoms with Gasteiger partial charge in [0.15, 0.2) is 0 Å². The second kappa shape index (κ2) is 13.5. The Bertz CT molecular complexity index is 429. The standard InChI is InChI=1S/C30H58/c1-8-11-23(5)25(7)30(29-18-17-26(10-3)20-29)19-24(6)28(12-9-2)21-27-15-13-22(4)14-16-27/h22-30H,8-21H2,1-7H3. The SMILES string of the molecule is CCCC(C)C(C)C(CC(C)C(CCC)CC1CCC(C)CC1)C1CCC(CC)C1. The zero-order chi connectivity index (χ0) is 22.1. The Morgan fingerprint density at radius 3 is 1.93 bits per heavy atom. The van der Waals surface area contributed by atoms with E-state index in [1.807, 2.05) is 0 Å². The van der Waals surface area contributed by atoms with Gasteiger partial charge in [0.2, 0.25) is 0 Å². The summed E-state index contributed by atoms with van der Waals surface area (Å²) in [6.07, 6.45) is 20.7. The topological polar surface area (TPSA) is 0 Å². The molecule has 30 heavy (non-hydrogen) atoms. The van der Waals surface area contributed by atoms with Crippen molar-refractivity contribution < 1.29 is 0 Å². The summed E-state index contributed by atoms with van der Waals surface area (Å²) in [6, 6.07) is 0. The molecule has 2 saturated carbocycles. The van der Waals surface area contributed by atoms with Crippen LogP contribution in [-0.4, -0.2) is 0 Å². The summed E-state index contributed by atoms with van der Waals surface area (Å²) in [6.45, 7) is 17.6. The molecule has 0 heteroatoms. The van der Waals surface area contributed by atoms with E-state index in [9.17, 15) is 0 Å². The van der Waals surface area contributed by atoms with Crippen molar-refractivity contribution in [1.82, 2.24) is 0 Å². The molecule has 0 N–H and O–H groups in total. The highest BCUT2D eigenvalue weighted by atomic mass is 14.4. The number of hydrogen-bond acceptors (Lipinski definition) is 0. The van der Waals surface area contributed by atoms with Crippen molar-refractivity contribution in [3.05, 3.63) is 0 Å². The minimum Gasteiger partial charge on any atom is -0.0654 e. The summed E-state index contributed by atoms with van der Waals surface area (Å²) in [4.78, 5) is 0. The van der Waals surface area contributed by atoms with Crippen LogP contribution >= 0.6 is 0 Å². The fourth-order valence-corrected chi connectivity index (χ4v) is 7.47. The summed E-state index contributed by atoms with van der Waals surface area (Å²) >= 11 is 0. The van der Waals surface area contributed by atoms with Crippen molar-refractivity contribution in [3.8, 4) is 0 Å². The lowest BCUT2D eigenvalue weighted by molar-refractivity contribution is 0.116. The van der Waals surface area contributed by atoms with E-state index >= 15 is 0 Å². The first-order valence-corrected chi connectivity index (χ1v) is 14.4. The molecule has 2 rings (SSSR count). The van der Waals surface area contributed by atoms with Crippen LogP contribution in [0.15, 0.2) is 0 Å². The summed E-state index contributed by atoms with van der Waals surface area (Å²) < 4.78 is 0. The maximum Gasteiger partial charge on any atom is -0.0355 e. The minimum atomic E-state index is 0.900. The van der Waals surface area contributed by atoms with E-state index in [-0.39, 0.29) is 0 Å². The molecule has 2 aliphatic carbocycles. The average Bonchev–Trinajstić information content (AvgIpc) is 3.21. The molecule has 7 unspecified atom stereocenters. The highest BCUT2D eigenvalue weighted by Crippen LogP contribution is 2.46. The maximum absolute atomic E-state index is 2.66. The van der Waals surface area contributed by atoms with E-state index in [4.69, 9.17) is 0 Å². The Morgan fingerprint density at radius 2 is 1.37 bits per heavy atom. The van der Waals surface area contributed by atoms with E-state index in [1.54, 1.807) is 0 Å². The average molecular weight is 419 g/mol. The molecular weight excluding hydrogens is 360 g/mol. The molecule has 0 heterocycles. The molecule has 0 aliphatic heterocycles. The van der Waals surface area contributed by atoms with Gasteiger partial charge in [0.05, 0.1) is 0 Å². The van der Waals surface area contributed by atoms with Gasteiger partial charge in [-0.2, -0.15) is 0 Å². The van der Waals surface area contributed by atoms with Crippen molar-refractivity contribution in [1.29, 1.82) is 0 Å². The summed E-state index contributed by atoms with van der Waals surface area (Å²) in [7, 11) is 0. The number of hydrogen-bond donors (Lipinski definition) is 0. The van der Waals surface area contributed by atoms with Gasteiger partial charge >= 0.3 is 0 Å². The fraction of sp³-hybridized carbons (Fsp3) is 1.00. The van der Waals surface area contributed by atoms with Crippen LogP contribution < -0.4 is 0 Å². The van der Waals surface area contributed by atoms with Crippen LogP contribution in [0.25, 0.3) is 0 Å². The zero-order valence-corrected chi connectivity index (χ0v) is 22.1.